The number of nitrogens with one attached hydrogen (secondary N) is 2. The summed E-state index contributed by atoms with van der Waals surface area (Å²) in [5.41, 5.74) is 8.90. The summed E-state index contributed by atoms with van der Waals surface area (Å²) in [6, 6.07) is 9.77. The minimum atomic E-state index is 0. The van der Waals surface area contributed by atoms with E-state index in [-0.39, 0.29) is 22.4 Å². The fourth-order valence-corrected chi connectivity index (χ4v) is 5.06. The number of anilines is 1. The van der Waals surface area contributed by atoms with Crippen LogP contribution in [0.25, 0.3) is 31.2 Å². The van der Waals surface area contributed by atoms with Gasteiger partial charge in [-0.25, -0.2) is 0 Å². The molecule has 29 heavy (non-hydrogen) atoms. The van der Waals surface area contributed by atoms with Gasteiger partial charge in [-0.2, -0.15) is 0 Å². The average molecular weight is 478 g/mol. The van der Waals surface area contributed by atoms with Crippen LogP contribution in [0.5, 0.6) is 0 Å². The molecule has 0 spiro atoms. The van der Waals surface area contributed by atoms with E-state index in [4.69, 9.17) is 5.73 Å². The zero-order chi connectivity index (χ0) is 19.7. The van der Waals surface area contributed by atoms with Crippen LogP contribution in [0, 0.1) is 0 Å². The molecule has 2 heterocycles. The van der Waals surface area contributed by atoms with Crippen molar-refractivity contribution in [2.24, 2.45) is 5.73 Å². The summed E-state index contributed by atoms with van der Waals surface area (Å²) >= 11 is 1.67. The monoisotopic (exact) mass is 477 g/mol. The molecule has 2 aromatic carbocycles. The number of likely N-dealkylation sites (N-methyl/N-ethyl adjacent to an activating group) is 1. The molecule has 6 nitrogen and oxygen atoms in total. The third-order valence-corrected chi connectivity index (χ3v) is 6.56. The summed E-state index contributed by atoms with van der Waals surface area (Å²) in [6.07, 6.45) is 0. The first-order chi connectivity index (χ1) is 13.7. The second-order valence-electron chi connectivity index (χ2n) is 6.95. The smallest absolute Gasteiger partial charge is 0.189 e. The number of benzene rings is 2. The number of hydrogen-bond donors (Lipinski definition) is 3. The number of rotatable bonds is 8. The Morgan fingerprint density at radius 2 is 1.97 bits per heavy atom. The van der Waals surface area contributed by atoms with E-state index in [2.05, 4.69) is 46.0 Å². The third-order valence-electron chi connectivity index (χ3n) is 5.37. The minimum absolute atomic E-state index is 0. The van der Waals surface area contributed by atoms with Crippen LogP contribution in [-0.2, 0) is 6.54 Å². The highest BCUT2D eigenvalue weighted by Gasteiger charge is 2.17. The summed E-state index contributed by atoms with van der Waals surface area (Å²) in [4.78, 5) is 15.1. The molecular weight excluding hydrogens is 450 g/mol. The van der Waals surface area contributed by atoms with Crippen molar-refractivity contribution >= 4 is 65.2 Å². The molecular formula is C21H28BrN5OS. The Hall–Kier alpha value is -1.87. The lowest BCUT2D eigenvalue weighted by molar-refractivity contribution is 0.287. The highest BCUT2D eigenvalue weighted by Crippen LogP contribution is 2.39. The van der Waals surface area contributed by atoms with Gasteiger partial charge in [-0.15, -0.1) is 28.3 Å². The Labute approximate surface area is 184 Å². The molecule has 0 atom stereocenters. The van der Waals surface area contributed by atoms with Gasteiger partial charge in [0, 0.05) is 29.7 Å². The largest absolute Gasteiger partial charge is 0.383 e. The number of hydrogen-bond acceptors (Lipinski definition) is 5. The highest BCUT2D eigenvalue weighted by atomic mass is 79.9. The van der Waals surface area contributed by atoms with E-state index in [0.29, 0.717) is 6.54 Å². The van der Waals surface area contributed by atoms with Crippen LogP contribution >= 0.6 is 28.3 Å². The number of nitrogens with two attached hydrogens (primary N) is 1. The molecule has 0 radical (unpaired) electrons. The molecule has 4 aromatic rings. The van der Waals surface area contributed by atoms with Crippen molar-refractivity contribution < 1.29 is 0 Å². The Kier molecular flexibility index (Phi) is 7.00. The van der Waals surface area contributed by atoms with Crippen LogP contribution in [0.15, 0.2) is 35.1 Å². The van der Waals surface area contributed by atoms with Gasteiger partial charge in [-0.1, -0.05) is 19.9 Å². The van der Waals surface area contributed by atoms with E-state index in [1.807, 2.05) is 12.1 Å². The molecule has 0 unspecified atom stereocenters. The summed E-state index contributed by atoms with van der Waals surface area (Å²) in [7, 11) is 0. The van der Waals surface area contributed by atoms with E-state index in [9.17, 15) is 4.79 Å². The Morgan fingerprint density at radius 1 is 1.17 bits per heavy atom. The lowest BCUT2D eigenvalue weighted by Gasteiger charge is -2.18. The van der Waals surface area contributed by atoms with Crippen molar-refractivity contribution in [3.63, 3.8) is 0 Å². The van der Waals surface area contributed by atoms with E-state index in [1.165, 1.54) is 0 Å². The lowest BCUT2D eigenvalue weighted by atomic mass is 10.1. The molecule has 2 aromatic heterocycles. The molecule has 0 saturated carbocycles. The standard InChI is InChI=1S/C21H27N5OS.BrH/c1-3-25(4-2)12-13-26-15-9-8-14(23-11-10-22)21-18(15)20(24-26)19-16(27)6-5-7-17(19)28-21;/h5-9,23-24H,3-4,10-13,22H2,1-2H3;1H. The van der Waals surface area contributed by atoms with Gasteiger partial charge < -0.3 is 16.0 Å². The van der Waals surface area contributed by atoms with Crippen molar-refractivity contribution in [3.05, 3.63) is 40.6 Å². The third kappa shape index (κ3) is 3.94. The lowest BCUT2D eigenvalue weighted by Crippen LogP contribution is -2.27. The summed E-state index contributed by atoms with van der Waals surface area (Å²) in [6.45, 7) is 9.55. The van der Waals surface area contributed by atoms with Gasteiger partial charge in [0.1, 0.15) is 0 Å². The zero-order valence-electron chi connectivity index (χ0n) is 16.8. The van der Waals surface area contributed by atoms with Gasteiger partial charge in [0.05, 0.1) is 33.4 Å². The predicted molar refractivity (Wildman–Crippen MR) is 131 cm³/mol. The van der Waals surface area contributed by atoms with Crippen molar-refractivity contribution in [1.82, 2.24) is 14.7 Å². The van der Waals surface area contributed by atoms with Crippen molar-refractivity contribution in [2.75, 3.05) is 38.0 Å². The molecule has 4 N–H and O–H groups in total. The molecule has 0 saturated heterocycles. The minimum Gasteiger partial charge on any atom is -0.383 e. The normalized spacial score (nSPS) is 11.6. The number of halogens is 1. The number of aromatic nitrogens is 2. The molecule has 0 bridgehead atoms. The molecule has 0 aliphatic carbocycles. The maximum absolute atomic E-state index is 12.7. The van der Waals surface area contributed by atoms with Crippen LogP contribution in [0.1, 0.15) is 13.8 Å². The van der Waals surface area contributed by atoms with Gasteiger partial charge in [-0.05, 0) is 37.4 Å². The second kappa shape index (κ2) is 9.30. The second-order valence-corrected chi connectivity index (χ2v) is 8.00. The first kappa shape index (κ1) is 21.8. The van der Waals surface area contributed by atoms with Gasteiger partial charge in [-0.3, -0.25) is 14.6 Å². The van der Waals surface area contributed by atoms with Crippen LogP contribution < -0.4 is 16.5 Å². The molecule has 4 rings (SSSR count). The fraction of sp³-hybridized carbons (Fsp3) is 0.381. The molecule has 0 aliphatic rings. The van der Waals surface area contributed by atoms with Gasteiger partial charge in [0.25, 0.3) is 0 Å². The first-order valence-corrected chi connectivity index (χ1v) is 10.7. The number of fused-ring (bicyclic) bond motifs is 2. The number of aromatic amines is 1. The highest BCUT2D eigenvalue weighted by molar-refractivity contribution is 8.93. The average Bonchev–Trinajstić information content (AvgIpc) is 3.08. The number of nitrogens with zero attached hydrogens (tertiary/aromatic N) is 2. The van der Waals surface area contributed by atoms with Crippen molar-refractivity contribution in [2.45, 2.75) is 20.4 Å². The number of H-pyrrole nitrogens is 1. The van der Waals surface area contributed by atoms with E-state index < -0.39 is 0 Å². The quantitative estimate of drug-likeness (QED) is 0.335. The molecule has 156 valence electrons. The Balaban J connectivity index is 0.00000240. The van der Waals surface area contributed by atoms with Gasteiger partial charge in [0.15, 0.2) is 5.43 Å². The van der Waals surface area contributed by atoms with Crippen LogP contribution in [0.4, 0.5) is 5.69 Å². The van der Waals surface area contributed by atoms with Crippen LogP contribution in [-0.4, -0.2) is 47.4 Å². The van der Waals surface area contributed by atoms with Gasteiger partial charge >= 0.3 is 0 Å². The van der Waals surface area contributed by atoms with Crippen LogP contribution in [0.3, 0.4) is 0 Å². The van der Waals surface area contributed by atoms with E-state index >= 15 is 0 Å². The molecule has 0 amide bonds. The zero-order valence-corrected chi connectivity index (χ0v) is 19.4. The maximum atomic E-state index is 12.7. The van der Waals surface area contributed by atoms with E-state index in [0.717, 1.165) is 69.6 Å². The first-order valence-electron chi connectivity index (χ1n) is 9.91. The molecule has 0 fully saturated rings. The maximum Gasteiger partial charge on any atom is 0.189 e. The topological polar surface area (TPSA) is 79.1 Å². The van der Waals surface area contributed by atoms with E-state index in [1.54, 1.807) is 17.4 Å². The van der Waals surface area contributed by atoms with Crippen molar-refractivity contribution in [1.29, 1.82) is 0 Å². The van der Waals surface area contributed by atoms with Crippen LogP contribution in [0.2, 0.25) is 0 Å². The summed E-state index contributed by atoms with van der Waals surface area (Å²) < 4.78 is 4.35. The van der Waals surface area contributed by atoms with Crippen molar-refractivity contribution in [3.8, 4) is 0 Å². The summed E-state index contributed by atoms with van der Waals surface area (Å²) in [5.74, 6) is 0. The fourth-order valence-electron chi connectivity index (χ4n) is 3.83. The van der Waals surface area contributed by atoms with Gasteiger partial charge in [0.2, 0.25) is 0 Å². The molecule has 8 heteroatoms. The predicted octanol–water partition coefficient (Wildman–Crippen LogP) is 3.99. The molecule has 0 aliphatic heterocycles. The Bertz CT molecular complexity index is 1170. The Morgan fingerprint density at radius 3 is 2.69 bits per heavy atom. The summed E-state index contributed by atoms with van der Waals surface area (Å²) in [5, 5.41) is 8.88. The SMILES string of the molecule is Br.CCN(CC)CCn1[nH]c2c3c(=O)cccc3sc3c(NCCN)ccc1c32.